The van der Waals surface area contributed by atoms with Gasteiger partial charge in [0.2, 0.25) is 5.82 Å². The van der Waals surface area contributed by atoms with E-state index in [1.54, 1.807) is 6.92 Å². The van der Waals surface area contributed by atoms with Crippen molar-refractivity contribution in [3.63, 3.8) is 0 Å². The highest BCUT2D eigenvalue weighted by Crippen LogP contribution is 2.16. The minimum atomic E-state index is -0.509. The number of benzene rings is 1. The Bertz CT molecular complexity index is 541. The fraction of sp³-hybridized carbons (Fsp3) is 0.250. The monoisotopic (exact) mass is 262 g/mol. The number of amides is 2. The normalized spacial score (nSPS) is 11.9. The molecule has 7 nitrogen and oxygen atoms in total. The third-order valence-corrected chi connectivity index (χ3v) is 2.33. The summed E-state index contributed by atoms with van der Waals surface area (Å²) < 4.78 is 4.91. The molecule has 1 aromatic carbocycles. The highest BCUT2D eigenvalue weighted by molar-refractivity contribution is 5.87. The molecule has 2 rings (SSSR count). The number of rotatable bonds is 4. The number of aliphatic hydroxyl groups excluding tert-OH is 1. The van der Waals surface area contributed by atoms with Crippen LogP contribution in [0.5, 0.6) is 0 Å². The van der Waals surface area contributed by atoms with Crippen molar-refractivity contribution in [2.45, 2.75) is 13.0 Å². The van der Waals surface area contributed by atoms with Crippen LogP contribution in [0.4, 0.5) is 10.8 Å². The van der Waals surface area contributed by atoms with Gasteiger partial charge in [0.25, 0.3) is 0 Å². The van der Waals surface area contributed by atoms with Gasteiger partial charge < -0.3 is 14.9 Å². The molecule has 0 bridgehead atoms. The quantitative estimate of drug-likeness (QED) is 0.769. The van der Waals surface area contributed by atoms with Crippen LogP contribution in [0.3, 0.4) is 0 Å². The van der Waals surface area contributed by atoms with Crippen LogP contribution in [-0.2, 0) is 0 Å². The molecular weight excluding hydrogens is 248 g/mol. The molecule has 0 aliphatic carbocycles. The average molecular weight is 262 g/mol. The summed E-state index contributed by atoms with van der Waals surface area (Å²) in [6, 6.07) is 8.41. The lowest BCUT2D eigenvalue weighted by molar-refractivity contribution is 0.228. The summed E-state index contributed by atoms with van der Waals surface area (Å²) in [4.78, 5) is 15.5. The number of hydrogen-bond donors (Lipinski definition) is 3. The molecule has 2 aromatic rings. The molecule has 0 fully saturated rings. The first-order chi connectivity index (χ1) is 9.19. The Kier molecular flexibility index (Phi) is 4.09. The maximum absolute atomic E-state index is 11.5. The van der Waals surface area contributed by atoms with Gasteiger partial charge in [0, 0.05) is 5.56 Å². The van der Waals surface area contributed by atoms with Crippen molar-refractivity contribution in [3.8, 4) is 11.4 Å². The molecule has 7 heteroatoms. The second-order valence-electron chi connectivity index (χ2n) is 3.97. The predicted octanol–water partition coefficient (Wildman–Crippen LogP) is 1.24. The topological polar surface area (TPSA) is 100 Å². The number of urea groups is 1. The molecule has 3 N–H and O–H groups in total. The van der Waals surface area contributed by atoms with Crippen molar-refractivity contribution < 1.29 is 14.4 Å². The van der Waals surface area contributed by atoms with Gasteiger partial charge in [0.1, 0.15) is 0 Å². The third-order valence-electron chi connectivity index (χ3n) is 2.33. The summed E-state index contributed by atoms with van der Waals surface area (Å²) in [7, 11) is 0. The fourth-order valence-corrected chi connectivity index (χ4v) is 1.38. The minimum Gasteiger partial charge on any atom is -0.394 e. The largest absolute Gasteiger partial charge is 0.394 e. The van der Waals surface area contributed by atoms with Crippen LogP contribution in [0.15, 0.2) is 34.9 Å². The number of hydrogen-bond acceptors (Lipinski definition) is 5. The first kappa shape index (κ1) is 13.0. The Morgan fingerprint density at radius 3 is 2.84 bits per heavy atom. The minimum absolute atomic E-state index is 0.00138. The molecular formula is C12H14N4O3. The van der Waals surface area contributed by atoms with Crippen LogP contribution in [-0.4, -0.2) is 33.9 Å². The van der Waals surface area contributed by atoms with Crippen LogP contribution in [0.1, 0.15) is 6.92 Å². The lowest BCUT2D eigenvalue weighted by atomic mass is 10.2. The standard InChI is InChI=1S/C12H14N4O3/c1-8(7-17)13-11(18)15-12-14-10(16-19-12)9-5-3-2-4-6-9/h2-6,8,17H,7H2,1H3,(H2,13,14,15,16,18)/t8-/m0/s1. The van der Waals surface area contributed by atoms with Gasteiger partial charge in [-0.15, -0.1) is 0 Å². The molecule has 1 heterocycles. The van der Waals surface area contributed by atoms with Crippen molar-refractivity contribution in [3.05, 3.63) is 30.3 Å². The third kappa shape index (κ3) is 3.52. The number of aliphatic hydroxyl groups is 1. The second kappa shape index (κ2) is 5.96. The first-order valence-corrected chi connectivity index (χ1v) is 5.76. The highest BCUT2D eigenvalue weighted by Gasteiger charge is 2.12. The SMILES string of the molecule is C[C@@H](CO)NC(=O)Nc1nc(-c2ccccc2)no1. The summed E-state index contributed by atoms with van der Waals surface area (Å²) in [5, 5.41) is 17.5. The van der Waals surface area contributed by atoms with Gasteiger partial charge in [-0.2, -0.15) is 4.98 Å². The van der Waals surface area contributed by atoms with E-state index < -0.39 is 6.03 Å². The Hall–Kier alpha value is -2.41. The van der Waals surface area contributed by atoms with Gasteiger partial charge >= 0.3 is 12.0 Å². The van der Waals surface area contributed by atoms with E-state index >= 15 is 0 Å². The van der Waals surface area contributed by atoms with E-state index in [1.807, 2.05) is 30.3 Å². The van der Waals surface area contributed by atoms with Crippen molar-refractivity contribution >= 4 is 12.0 Å². The number of carbonyl (C=O) groups excluding carboxylic acids is 1. The molecule has 100 valence electrons. The number of nitrogens with one attached hydrogen (secondary N) is 2. The number of carbonyl (C=O) groups is 1. The first-order valence-electron chi connectivity index (χ1n) is 5.76. The molecule has 2 amide bonds. The summed E-state index contributed by atoms with van der Waals surface area (Å²) in [6.07, 6.45) is 0. The Morgan fingerprint density at radius 1 is 1.42 bits per heavy atom. The molecule has 0 aliphatic heterocycles. The molecule has 0 unspecified atom stereocenters. The lowest BCUT2D eigenvalue weighted by Gasteiger charge is -2.09. The van der Waals surface area contributed by atoms with Gasteiger partial charge in [0.05, 0.1) is 12.6 Å². The van der Waals surface area contributed by atoms with E-state index in [0.717, 1.165) is 5.56 Å². The molecule has 0 spiro atoms. The van der Waals surface area contributed by atoms with Crippen LogP contribution in [0, 0.1) is 0 Å². The van der Waals surface area contributed by atoms with Gasteiger partial charge in [-0.25, -0.2) is 4.79 Å². The summed E-state index contributed by atoms with van der Waals surface area (Å²) in [6.45, 7) is 1.52. The van der Waals surface area contributed by atoms with Crippen LogP contribution in [0.2, 0.25) is 0 Å². The smallest absolute Gasteiger partial charge is 0.329 e. The van der Waals surface area contributed by atoms with E-state index in [9.17, 15) is 4.79 Å². The Labute approximate surface area is 109 Å². The van der Waals surface area contributed by atoms with Crippen LogP contribution < -0.4 is 10.6 Å². The second-order valence-corrected chi connectivity index (χ2v) is 3.97. The number of aromatic nitrogens is 2. The van der Waals surface area contributed by atoms with Crippen molar-refractivity contribution in [1.82, 2.24) is 15.5 Å². The molecule has 19 heavy (non-hydrogen) atoms. The lowest BCUT2D eigenvalue weighted by Crippen LogP contribution is -2.38. The van der Waals surface area contributed by atoms with Gasteiger partial charge in [-0.05, 0) is 6.92 Å². The van der Waals surface area contributed by atoms with E-state index in [0.29, 0.717) is 5.82 Å². The van der Waals surface area contributed by atoms with Gasteiger partial charge in [-0.1, -0.05) is 35.5 Å². The zero-order valence-corrected chi connectivity index (χ0v) is 10.3. The molecule has 0 aliphatic rings. The zero-order valence-electron chi connectivity index (χ0n) is 10.3. The number of nitrogens with zero attached hydrogens (tertiary/aromatic N) is 2. The van der Waals surface area contributed by atoms with E-state index in [1.165, 1.54) is 0 Å². The van der Waals surface area contributed by atoms with Gasteiger partial charge in [0.15, 0.2) is 0 Å². The van der Waals surface area contributed by atoms with Crippen molar-refractivity contribution in [2.24, 2.45) is 0 Å². The average Bonchev–Trinajstić information content (AvgIpc) is 2.88. The van der Waals surface area contributed by atoms with E-state index in [4.69, 9.17) is 9.63 Å². The maximum Gasteiger partial charge on any atom is 0.329 e. The zero-order chi connectivity index (χ0) is 13.7. The number of anilines is 1. The Morgan fingerprint density at radius 2 is 2.16 bits per heavy atom. The highest BCUT2D eigenvalue weighted by atomic mass is 16.5. The predicted molar refractivity (Wildman–Crippen MR) is 68.4 cm³/mol. The maximum atomic E-state index is 11.5. The Balaban J connectivity index is 2.00. The molecule has 1 aromatic heterocycles. The van der Waals surface area contributed by atoms with Crippen molar-refractivity contribution in [1.29, 1.82) is 0 Å². The van der Waals surface area contributed by atoms with Crippen molar-refractivity contribution in [2.75, 3.05) is 11.9 Å². The summed E-state index contributed by atoms with van der Waals surface area (Å²) in [5.41, 5.74) is 0.795. The molecule has 0 saturated carbocycles. The van der Waals surface area contributed by atoms with Crippen LogP contribution >= 0.6 is 0 Å². The fourth-order valence-electron chi connectivity index (χ4n) is 1.38. The van der Waals surface area contributed by atoms with Crippen LogP contribution in [0.25, 0.3) is 11.4 Å². The summed E-state index contributed by atoms with van der Waals surface area (Å²) >= 11 is 0. The molecule has 0 saturated heterocycles. The summed E-state index contributed by atoms with van der Waals surface area (Å²) in [5.74, 6) is 0.395. The van der Waals surface area contributed by atoms with E-state index in [2.05, 4.69) is 20.8 Å². The molecule has 1 atom stereocenters. The van der Waals surface area contributed by atoms with E-state index in [-0.39, 0.29) is 18.7 Å². The van der Waals surface area contributed by atoms with Gasteiger partial charge in [-0.3, -0.25) is 5.32 Å². The molecule has 0 radical (unpaired) electrons.